The lowest BCUT2D eigenvalue weighted by molar-refractivity contribution is -0.305. The van der Waals surface area contributed by atoms with Crippen LogP contribution in [-0.2, 0) is 11.3 Å². The van der Waals surface area contributed by atoms with Gasteiger partial charge in [0.05, 0.1) is 0 Å². The van der Waals surface area contributed by atoms with E-state index in [9.17, 15) is 9.90 Å². The Morgan fingerprint density at radius 1 is 1.47 bits per heavy atom. The lowest BCUT2D eigenvalue weighted by Crippen LogP contribution is -2.22. The molecule has 0 aliphatic rings. The third-order valence-electron chi connectivity index (χ3n) is 2.49. The molecule has 0 aromatic carbocycles. The lowest BCUT2D eigenvalue weighted by Gasteiger charge is -2.07. The van der Waals surface area contributed by atoms with E-state index in [1.165, 1.54) is 11.8 Å². The van der Waals surface area contributed by atoms with E-state index in [2.05, 4.69) is 15.2 Å². The molecule has 2 rings (SSSR count). The Morgan fingerprint density at radius 3 is 2.95 bits per heavy atom. The van der Waals surface area contributed by atoms with E-state index in [0.29, 0.717) is 17.5 Å². The van der Waals surface area contributed by atoms with Crippen LogP contribution in [-0.4, -0.2) is 31.5 Å². The molecular weight excluding hydrogens is 264 g/mol. The van der Waals surface area contributed by atoms with Crippen molar-refractivity contribution in [3.63, 3.8) is 0 Å². The molecule has 0 saturated carbocycles. The zero-order valence-corrected chi connectivity index (χ0v) is 11.3. The SMILES string of the molecule is CCn1c(SCCC(=O)[O-])nnc1-c1cccnc1. The summed E-state index contributed by atoms with van der Waals surface area (Å²) in [5.74, 6) is 0.113. The molecule has 2 aromatic heterocycles. The number of carbonyl (C=O) groups is 1. The average Bonchev–Trinajstić information content (AvgIpc) is 2.82. The summed E-state index contributed by atoms with van der Waals surface area (Å²) >= 11 is 1.36. The Hall–Kier alpha value is -1.89. The zero-order chi connectivity index (χ0) is 13.7. The van der Waals surface area contributed by atoms with Gasteiger partial charge in [0.1, 0.15) is 0 Å². The summed E-state index contributed by atoms with van der Waals surface area (Å²) in [4.78, 5) is 14.5. The summed E-state index contributed by atoms with van der Waals surface area (Å²) in [5.41, 5.74) is 0.892. The number of carboxylic acid groups (broad SMARTS) is 1. The molecule has 0 aliphatic heterocycles. The smallest absolute Gasteiger partial charge is 0.191 e. The second-order valence-electron chi connectivity index (χ2n) is 3.76. The van der Waals surface area contributed by atoms with Crippen LogP contribution in [0.25, 0.3) is 11.4 Å². The summed E-state index contributed by atoms with van der Waals surface area (Å²) in [5, 5.41) is 19.3. The van der Waals surface area contributed by atoms with Gasteiger partial charge in [-0.25, -0.2) is 0 Å². The van der Waals surface area contributed by atoms with E-state index >= 15 is 0 Å². The molecule has 0 unspecified atom stereocenters. The second kappa shape index (κ2) is 6.33. The van der Waals surface area contributed by atoms with Crippen molar-refractivity contribution in [1.82, 2.24) is 19.7 Å². The van der Waals surface area contributed by atoms with Gasteiger partial charge in [0.15, 0.2) is 11.0 Å². The van der Waals surface area contributed by atoms with Crippen LogP contribution in [0.5, 0.6) is 0 Å². The zero-order valence-electron chi connectivity index (χ0n) is 10.4. The van der Waals surface area contributed by atoms with Crippen LogP contribution < -0.4 is 5.11 Å². The van der Waals surface area contributed by atoms with Crippen LogP contribution in [0, 0.1) is 0 Å². The van der Waals surface area contributed by atoms with E-state index in [1.54, 1.807) is 12.4 Å². The van der Waals surface area contributed by atoms with Gasteiger partial charge < -0.3 is 14.5 Å². The maximum Gasteiger partial charge on any atom is 0.191 e. The van der Waals surface area contributed by atoms with Crippen molar-refractivity contribution in [1.29, 1.82) is 0 Å². The fourth-order valence-corrected chi connectivity index (χ4v) is 2.54. The number of hydrogen-bond donors (Lipinski definition) is 0. The van der Waals surface area contributed by atoms with Gasteiger partial charge in [-0.1, -0.05) is 11.8 Å². The summed E-state index contributed by atoms with van der Waals surface area (Å²) < 4.78 is 1.94. The normalized spacial score (nSPS) is 10.6. The van der Waals surface area contributed by atoms with Gasteiger partial charge in [0.2, 0.25) is 0 Å². The van der Waals surface area contributed by atoms with Gasteiger partial charge in [-0.15, -0.1) is 10.2 Å². The molecule has 7 heteroatoms. The molecule has 0 N–H and O–H groups in total. The number of carbonyl (C=O) groups excluding carboxylic acids is 1. The molecule has 0 amide bonds. The highest BCUT2D eigenvalue weighted by molar-refractivity contribution is 7.99. The van der Waals surface area contributed by atoms with Crippen LogP contribution in [0.4, 0.5) is 0 Å². The number of nitrogens with zero attached hydrogens (tertiary/aromatic N) is 4. The van der Waals surface area contributed by atoms with Crippen LogP contribution in [0.2, 0.25) is 0 Å². The highest BCUT2D eigenvalue weighted by Crippen LogP contribution is 2.23. The van der Waals surface area contributed by atoms with Gasteiger partial charge in [0.25, 0.3) is 0 Å². The van der Waals surface area contributed by atoms with Crippen LogP contribution >= 0.6 is 11.8 Å². The molecule has 2 heterocycles. The minimum Gasteiger partial charge on any atom is -0.550 e. The van der Waals surface area contributed by atoms with Crippen molar-refractivity contribution in [2.75, 3.05) is 5.75 Å². The van der Waals surface area contributed by atoms with Crippen molar-refractivity contribution < 1.29 is 9.90 Å². The molecule has 2 aromatic rings. The molecule has 19 heavy (non-hydrogen) atoms. The number of aliphatic carboxylic acids is 1. The van der Waals surface area contributed by atoms with Gasteiger partial charge in [-0.2, -0.15) is 0 Å². The molecule has 0 atom stereocenters. The van der Waals surface area contributed by atoms with Crippen LogP contribution in [0.3, 0.4) is 0 Å². The minimum atomic E-state index is -1.05. The topological polar surface area (TPSA) is 83.7 Å². The average molecular weight is 277 g/mol. The summed E-state index contributed by atoms with van der Waals surface area (Å²) in [6.07, 6.45) is 3.43. The van der Waals surface area contributed by atoms with E-state index in [0.717, 1.165) is 11.4 Å². The fourth-order valence-electron chi connectivity index (χ4n) is 1.61. The predicted octanol–water partition coefficient (Wildman–Crippen LogP) is 0.592. The van der Waals surface area contributed by atoms with Crippen LogP contribution in [0.15, 0.2) is 29.7 Å². The number of pyridine rings is 1. The minimum absolute atomic E-state index is 0.00344. The Labute approximate surface area is 114 Å². The van der Waals surface area contributed by atoms with Gasteiger partial charge >= 0.3 is 0 Å². The summed E-state index contributed by atoms with van der Waals surface area (Å²) in [6, 6.07) is 3.76. The first kappa shape index (κ1) is 13.5. The highest BCUT2D eigenvalue weighted by atomic mass is 32.2. The Morgan fingerprint density at radius 2 is 2.32 bits per heavy atom. The predicted molar refractivity (Wildman–Crippen MR) is 69.3 cm³/mol. The molecule has 0 aliphatic carbocycles. The first-order chi connectivity index (χ1) is 9.22. The third kappa shape index (κ3) is 3.31. The van der Waals surface area contributed by atoms with E-state index < -0.39 is 5.97 Å². The van der Waals surface area contributed by atoms with Crippen LogP contribution in [0.1, 0.15) is 13.3 Å². The maximum absolute atomic E-state index is 10.4. The number of hydrogen-bond acceptors (Lipinski definition) is 6. The molecule has 100 valence electrons. The first-order valence-corrected chi connectivity index (χ1v) is 6.87. The quantitative estimate of drug-likeness (QED) is 0.719. The van der Waals surface area contributed by atoms with E-state index in [1.807, 2.05) is 23.6 Å². The highest BCUT2D eigenvalue weighted by Gasteiger charge is 2.12. The van der Waals surface area contributed by atoms with Gasteiger partial charge in [-0.05, 0) is 25.5 Å². The van der Waals surface area contributed by atoms with E-state index in [-0.39, 0.29) is 6.42 Å². The number of aromatic nitrogens is 4. The second-order valence-corrected chi connectivity index (χ2v) is 4.82. The molecule has 0 saturated heterocycles. The standard InChI is InChI=1S/C12H14N4O2S/c1-2-16-11(9-4-3-6-13-8-9)14-15-12(16)19-7-5-10(17)18/h3-4,6,8H,2,5,7H2,1H3,(H,17,18)/p-1. The fraction of sp³-hybridized carbons (Fsp3) is 0.333. The number of rotatable bonds is 6. The lowest BCUT2D eigenvalue weighted by atomic mass is 10.3. The number of thioether (sulfide) groups is 1. The molecule has 6 nitrogen and oxygen atoms in total. The molecule has 0 bridgehead atoms. The van der Waals surface area contributed by atoms with Crippen molar-refractivity contribution in [3.05, 3.63) is 24.5 Å². The Balaban J connectivity index is 2.18. The molecular formula is C12H13N4O2S-. The summed E-state index contributed by atoms with van der Waals surface area (Å²) in [7, 11) is 0. The molecule has 0 fully saturated rings. The Kier molecular flexibility index (Phi) is 4.51. The molecule has 0 spiro atoms. The van der Waals surface area contributed by atoms with Gasteiger partial charge in [-0.3, -0.25) is 4.98 Å². The van der Waals surface area contributed by atoms with E-state index in [4.69, 9.17) is 0 Å². The third-order valence-corrected chi connectivity index (χ3v) is 3.46. The van der Waals surface area contributed by atoms with Crippen molar-refractivity contribution in [2.24, 2.45) is 0 Å². The van der Waals surface area contributed by atoms with Crippen molar-refractivity contribution >= 4 is 17.7 Å². The maximum atomic E-state index is 10.4. The molecule has 0 radical (unpaired) electrons. The largest absolute Gasteiger partial charge is 0.550 e. The first-order valence-electron chi connectivity index (χ1n) is 5.88. The summed E-state index contributed by atoms with van der Waals surface area (Å²) in [6.45, 7) is 2.71. The Bertz CT molecular complexity index is 556. The van der Waals surface area contributed by atoms with Crippen molar-refractivity contribution in [2.45, 2.75) is 25.0 Å². The number of carboxylic acids is 1. The van der Waals surface area contributed by atoms with Gasteiger partial charge in [0, 0.05) is 36.2 Å². The monoisotopic (exact) mass is 277 g/mol. The van der Waals surface area contributed by atoms with Crippen molar-refractivity contribution in [3.8, 4) is 11.4 Å².